The third kappa shape index (κ3) is 3.57. The van der Waals surface area contributed by atoms with Crippen LogP contribution in [-0.2, 0) is 13.0 Å². The van der Waals surface area contributed by atoms with Crippen LogP contribution in [0.2, 0.25) is 0 Å². The quantitative estimate of drug-likeness (QED) is 0.678. The molecule has 0 amide bonds. The number of rotatable bonds is 7. The molecular formula is C19H24N4O. The van der Waals surface area contributed by atoms with Crippen molar-refractivity contribution in [1.82, 2.24) is 14.5 Å². The largest absolute Gasteiger partial charge is 0.497 e. The highest BCUT2D eigenvalue weighted by Crippen LogP contribution is 2.20. The average Bonchev–Trinajstić information content (AvgIpc) is 2.92. The fourth-order valence-electron chi connectivity index (χ4n) is 2.87. The van der Waals surface area contributed by atoms with Gasteiger partial charge in [-0.2, -0.15) is 0 Å². The molecule has 0 aliphatic heterocycles. The van der Waals surface area contributed by atoms with Crippen LogP contribution < -0.4 is 10.5 Å². The maximum Gasteiger partial charge on any atom is 0.160 e. The Labute approximate surface area is 142 Å². The van der Waals surface area contributed by atoms with Gasteiger partial charge in [0.15, 0.2) is 5.65 Å². The van der Waals surface area contributed by atoms with E-state index in [9.17, 15) is 0 Å². The van der Waals surface area contributed by atoms with Crippen LogP contribution in [0.5, 0.6) is 5.75 Å². The molecule has 5 nitrogen and oxygen atoms in total. The number of fused-ring (bicyclic) bond motifs is 1. The molecule has 0 unspecified atom stereocenters. The van der Waals surface area contributed by atoms with E-state index in [1.165, 1.54) is 5.56 Å². The van der Waals surface area contributed by atoms with Gasteiger partial charge in [-0.25, -0.2) is 9.97 Å². The molecule has 0 bridgehead atoms. The van der Waals surface area contributed by atoms with Gasteiger partial charge < -0.3 is 15.0 Å². The first-order valence-electron chi connectivity index (χ1n) is 8.36. The number of imidazole rings is 1. The van der Waals surface area contributed by atoms with Gasteiger partial charge in [-0.3, -0.25) is 0 Å². The predicted octanol–water partition coefficient (Wildman–Crippen LogP) is 3.08. The van der Waals surface area contributed by atoms with Crippen molar-refractivity contribution in [1.29, 1.82) is 0 Å². The van der Waals surface area contributed by atoms with Crippen molar-refractivity contribution < 1.29 is 4.74 Å². The first-order chi connectivity index (χ1) is 11.7. The summed E-state index contributed by atoms with van der Waals surface area (Å²) in [6.07, 6.45) is 4.73. The van der Waals surface area contributed by atoms with Gasteiger partial charge in [0.1, 0.15) is 17.1 Å². The number of aromatic nitrogens is 3. The van der Waals surface area contributed by atoms with Gasteiger partial charge >= 0.3 is 0 Å². The topological polar surface area (TPSA) is 66.0 Å². The number of pyridine rings is 1. The number of nitrogens with zero attached hydrogens (tertiary/aromatic N) is 3. The van der Waals surface area contributed by atoms with Gasteiger partial charge in [0.25, 0.3) is 0 Å². The van der Waals surface area contributed by atoms with Gasteiger partial charge in [-0.15, -0.1) is 0 Å². The molecule has 1 aromatic carbocycles. The number of methoxy groups -OCH3 is 1. The number of aryl methyl sites for hydroxylation is 2. The van der Waals surface area contributed by atoms with Gasteiger partial charge in [0.05, 0.1) is 7.11 Å². The molecule has 0 radical (unpaired) electrons. The van der Waals surface area contributed by atoms with Crippen molar-refractivity contribution in [3.8, 4) is 5.75 Å². The van der Waals surface area contributed by atoms with Gasteiger partial charge in [-0.1, -0.05) is 12.1 Å². The Kier molecular flexibility index (Phi) is 5.11. The standard InChI is InChI=1S/C19H24N4O/c1-14-11-17-19(21-13-14)23(10-4-3-9-20)18(22-17)12-15-5-7-16(24-2)8-6-15/h5-8,11,13H,3-4,9-10,12,20H2,1-2H3. The fourth-order valence-corrected chi connectivity index (χ4v) is 2.87. The average molecular weight is 324 g/mol. The molecule has 0 saturated carbocycles. The Hall–Kier alpha value is -2.40. The van der Waals surface area contributed by atoms with E-state index in [2.05, 4.69) is 27.8 Å². The Morgan fingerprint density at radius 3 is 2.67 bits per heavy atom. The molecule has 126 valence electrons. The van der Waals surface area contributed by atoms with Crippen LogP contribution in [-0.4, -0.2) is 28.2 Å². The molecule has 0 spiro atoms. The molecule has 0 atom stereocenters. The highest BCUT2D eigenvalue weighted by atomic mass is 16.5. The molecule has 2 aromatic heterocycles. The minimum Gasteiger partial charge on any atom is -0.497 e. The summed E-state index contributed by atoms with van der Waals surface area (Å²) in [5, 5.41) is 0. The number of benzene rings is 1. The van der Waals surface area contributed by atoms with Gasteiger partial charge in [0.2, 0.25) is 0 Å². The molecule has 0 saturated heterocycles. The second-order valence-electron chi connectivity index (χ2n) is 6.06. The Morgan fingerprint density at radius 1 is 1.17 bits per heavy atom. The van der Waals surface area contributed by atoms with E-state index in [0.717, 1.165) is 54.1 Å². The van der Waals surface area contributed by atoms with Crippen LogP contribution in [0.15, 0.2) is 36.5 Å². The summed E-state index contributed by atoms with van der Waals surface area (Å²) in [6.45, 7) is 3.66. The summed E-state index contributed by atoms with van der Waals surface area (Å²) >= 11 is 0. The van der Waals surface area contributed by atoms with Crippen molar-refractivity contribution in [2.75, 3.05) is 13.7 Å². The molecule has 3 rings (SSSR count). The normalized spacial score (nSPS) is 11.1. The van der Waals surface area contributed by atoms with Crippen LogP contribution >= 0.6 is 0 Å². The van der Waals surface area contributed by atoms with E-state index in [-0.39, 0.29) is 0 Å². The summed E-state index contributed by atoms with van der Waals surface area (Å²) in [4.78, 5) is 9.43. The first kappa shape index (κ1) is 16.5. The minimum absolute atomic E-state index is 0.715. The van der Waals surface area contributed by atoms with E-state index >= 15 is 0 Å². The van der Waals surface area contributed by atoms with Crippen molar-refractivity contribution in [2.24, 2.45) is 5.73 Å². The Morgan fingerprint density at radius 2 is 1.96 bits per heavy atom. The molecule has 0 aliphatic rings. The van der Waals surface area contributed by atoms with E-state index in [4.69, 9.17) is 15.5 Å². The smallest absolute Gasteiger partial charge is 0.160 e. The number of unbranched alkanes of at least 4 members (excludes halogenated alkanes) is 1. The Bertz CT molecular complexity index is 808. The maximum absolute atomic E-state index is 5.64. The second-order valence-corrected chi connectivity index (χ2v) is 6.06. The summed E-state index contributed by atoms with van der Waals surface area (Å²) in [5.41, 5.74) is 9.90. The molecule has 2 heterocycles. The Balaban J connectivity index is 1.93. The predicted molar refractivity (Wildman–Crippen MR) is 96.4 cm³/mol. The van der Waals surface area contributed by atoms with Gasteiger partial charge in [-0.05, 0) is 55.6 Å². The third-order valence-electron chi connectivity index (χ3n) is 4.16. The lowest BCUT2D eigenvalue weighted by molar-refractivity contribution is 0.414. The summed E-state index contributed by atoms with van der Waals surface area (Å²) < 4.78 is 7.46. The van der Waals surface area contributed by atoms with Gasteiger partial charge in [0, 0.05) is 19.2 Å². The third-order valence-corrected chi connectivity index (χ3v) is 4.16. The van der Waals surface area contributed by atoms with Crippen LogP contribution in [0.25, 0.3) is 11.2 Å². The van der Waals surface area contributed by atoms with Crippen molar-refractivity contribution >= 4 is 11.2 Å². The SMILES string of the molecule is COc1ccc(Cc2nc3cc(C)cnc3n2CCCCN)cc1. The van der Waals surface area contributed by atoms with Crippen LogP contribution in [0, 0.1) is 6.92 Å². The van der Waals surface area contributed by atoms with Crippen LogP contribution in [0.1, 0.15) is 29.8 Å². The van der Waals surface area contributed by atoms with Crippen molar-refractivity contribution in [2.45, 2.75) is 32.7 Å². The zero-order chi connectivity index (χ0) is 16.9. The van der Waals surface area contributed by atoms with E-state index < -0.39 is 0 Å². The van der Waals surface area contributed by atoms with Crippen molar-refractivity contribution in [3.05, 3.63) is 53.5 Å². The molecular weight excluding hydrogens is 300 g/mol. The van der Waals surface area contributed by atoms with Crippen LogP contribution in [0.4, 0.5) is 0 Å². The van der Waals surface area contributed by atoms with E-state index in [1.54, 1.807) is 7.11 Å². The maximum atomic E-state index is 5.64. The second kappa shape index (κ2) is 7.45. The zero-order valence-electron chi connectivity index (χ0n) is 14.3. The minimum atomic E-state index is 0.715. The van der Waals surface area contributed by atoms with Crippen molar-refractivity contribution in [3.63, 3.8) is 0 Å². The lowest BCUT2D eigenvalue weighted by Gasteiger charge is -2.09. The first-order valence-corrected chi connectivity index (χ1v) is 8.36. The molecule has 0 fully saturated rings. The molecule has 0 aliphatic carbocycles. The summed E-state index contributed by atoms with van der Waals surface area (Å²) in [5.74, 6) is 1.91. The molecule has 24 heavy (non-hydrogen) atoms. The summed E-state index contributed by atoms with van der Waals surface area (Å²) in [7, 11) is 1.68. The lowest BCUT2D eigenvalue weighted by Crippen LogP contribution is -2.08. The number of hydrogen-bond donors (Lipinski definition) is 1. The number of ether oxygens (including phenoxy) is 1. The van der Waals surface area contributed by atoms with E-state index in [1.807, 2.05) is 25.3 Å². The molecule has 5 heteroatoms. The molecule has 3 aromatic rings. The zero-order valence-corrected chi connectivity index (χ0v) is 14.3. The number of hydrogen-bond acceptors (Lipinski definition) is 4. The number of nitrogens with two attached hydrogens (primary N) is 1. The monoisotopic (exact) mass is 324 g/mol. The molecule has 2 N–H and O–H groups in total. The highest BCUT2D eigenvalue weighted by molar-refractivity contribution is 5.72. The fraction of sp³-hybridized carbons (Fsp3) is 0.368. The lowest BCUT2D eigenvalue weighted by atomic mass is 10.1. The summed E-state index contributed by atoms with van der Waals surface area (Å²) in [6, 6.07) is 10.2. The van der Waals surface area contributed by atoms with E-state index in [0.29, 0.717) is 6.54 Å². The van der Waals surface area contributed by atoms with Crippen LogP contribution in [0.3, 0.4) is 0 Å². The highest BCUT2D eigenvalue weighted by Gasteiger charge is 2.12.